The van der Waals surface area contributed by atoms with Crippen molar-refractivity contribution in [1.82, 2.24) is 4.31 Å². The summed E-state index contributed by atoms with van der Waals surface area (Å²) in [6, 6.07) is 6.16. The van der Waals surface area contributed by atoms with Crippen LogP contribution in [0.3, 0.4) is 0 Å². The van der Waals surface area contributed by atoms with Gasteiger partial charge >= 0.3 is 5.97 Å². The fraction of sp³-hybridized carbons (Fsp3) is 0.500. The first-order valence-electron chi connectivity index (χ1n) is 7.69. The third kappa shape index (κ3) is 4.21. The molecule has 1 saturated heterocycles. The van der Waals surface area contributed by atoms with Gasteiger partial charge in [0.15, 0.2) is 18.1 Å². The topological polar surface area (TPSA) is 106 Å². The first kappa shape index (κ1) is 19.0. The van der Waals surface area contributed by atoms with Crippen molar-refractivity contribution in [3.63, 3.8) is 0 Å². The molecule has 136 valence electrons. The number of carbonyl (C=O) groups is 1. The van der Waals surface area contributed by atoms with Crippen LogP contribution in [-0.4, -0.2) is 52.6 Å². The molecule has 0 aliphatic carbocycles. The number of hydrogen-bond donors (Lipinski definition) is 0. The summed E-state index contributed by atoms with van der Waals surface area (Å²) in [4.78, 5) is 11.9. The number of nitriles is 1. The third-order valence-electron chi connectivity index (χ3n) is 4.06. The smallest absolute Gasteiger partial charge is 0.310 e. The highest BCUT2D eigenvalue weighted by molar-refractivity contribution is 7.89. The highest BCUT2D eigenvalue weighted by atomic mass is 32.2. The van der Waals surface area contributed by atoms with Gasteiger partial charge in [-0.1, -0.05) is 0 Å². The van der Waals surface area contributed by atoms with Gasteiger partial charge in [-0.3, -0.25) is 4.79 Å². The number of piperidine rings is 1. The third-order valence-corrected chi connectivity index (χ3v) is 5.95. The zero-order valence-corrected chi connectivity index (χ0v) is 14.9. The second-order valence-corrected chi connectivity index (χ2v) is 7.40. The molecule has 0 N–H and O–H groups in total. The van der Waals surface area contributed by atoms with E-state index in [-0.39, 0.29) is 30.5 Å². The number of carbonyl (C=O) groups excluding carboxylic acids is 1. The van der Waals surface area contributed by atoms with E-state index in [1.807, 2.05) is 0 Å². The van der Waals surface area contributed by atoms with Crippen LogP contribution in [0.15, 0.2) is 23.1 Å². The fourth-order valence-corrected chi connectivity index (χ4v) is 4.16. The van der Waals surface area contributed by atoms with E-state index in [2.05, 4.69) is 0 Å². The Balaban J connectivity index is 2.09. The number of rotatable bonds is 6. The largest absolute Gasteiger partial charge is 0.493 e. The molecule has 1 fully saturated rings. The molecule has 9 heteroatoms. The molecular formula is C16H20N2O6S. The molecule has 0 unspecified atom stereocenters. The maximum Gasteiger partial charge on any atom is 0.310 e. The van der Waals surface area contributed by atoms with Crippen molar-refractivity contribution in [2.24, 2.45) is 5.92 Å². The van der Waals surface area contributed by atoms with Crippen LogP contribution in [0.5, 0.6) is 11.5 Å². The molecular weight excluding hydrogens is 348 g/mol. The van der Waals surface area contributed by atoms with Gasteiger partial charge in [-0.15, -0.1) is 0 Å². The van der Waals surface area contributed by atoms with Gasteiger partial charge in [0.25, 0.3) is 0 Å². The van der Waals surface area contributed by atoms with Gasteiger partial charge in [0.1, 0.15) is 6.07 Å². The number of methoxy groups -OCH3 is 2. The van der Waals surface area contributed by atoms with Crippen molar-refractivity contribution in [1.29, 1.82) is 5.26 Å². The summed E-state index contributed by atoms with van der Waals surface area (Å²) < 4.78 is 41.9. The van der Waals surface area contributed by atoms with Gasteiger partial charge in [0.2, 0.25) is 10.0 Å². The number of ether oxygens (including phenoxy) is 3. The number of benzene rings is 1. The van der Waals surface area contributed by atoms with Crippen LogP contribution in [0, 0.1) is 17.2 Å². The van der Waals surface area contributed by atoms with Crippen LogP contribution in [-0.2, 0) is 19.6 Å². The van der Waals surface area contributed by atoms with Crippen LogP contribution in [0.4, 0.5) is 0 Å². The Hall–Kier alpha value is -2.31. The van der Waals surface area contributed by atoms with Crippen molar-refractivity contribution < 1.29 is 27.4 Å². The van der Waals surface area contributed by atoms with E-state index >= 15 is 0 Å². The molecule has 2 rings (SSSR count). The highest BCUT2D eigenvalue weighted by Crippen LogP contribution is 2.32. The average molecular weight is 368 g/mol. The van der Waals surface area contributed by atoms with Crippen LogP contribution in [0.2, 0.25) is 0 Å². The minimum atomic E-state index is -3.69. The van der Waals surface area contributed by atoms with Crippen molar-refractivity contribution in [3.05, 3.63) is 18.2 Å². The van der Waals surface area contributed by atoms with E-state index in [4.69, 9.17) is 19.5 Å². The van der Waals surface area contributed by atoms with E-state index in [0.29, 0.717) is 24.3 Å². The van der Waals surface area contributed by atoms with Crippen molar-refractivity contribution >= 4 is 16.0 Å². The molecule has 0 saturated carbocycles. The zero-order chi connectivity index (χ0) is 18.4. The molecule has 25 heavy (non-hydrogen) atoms. The Bertz CT molecular complexity index is 763. The zero-order valence-electron chi connectivity index (χ0n) is 14.1. The molecule has 1 aliphatic rings. The van der Waals surface area contributed by atoms with E-state index in [1.54, 1.807) is 6.07 Å². The van der Waals surface area contributed by atoms with Gasteiger partial charge in [-0.2, -0.15) is 9.57 Å². The second-order valence-electron chi connectivity index (χ2n) is 5.46. The molecule has 1 aliphatic heterocycles. The lowest BCUT2D eigenvalue weighted by molar-refractivity contribution is -0.148. The maximum absolute atomic E-state index is 12.8. The minimum Gasteiger partial charge on any atom is -0.493 e. The second kappa shape index (κ2) is 8.18. The van der Waals surface area contributed by atoms with Crippen molar-refractivity contribution in [2.45, 2.75) is 17.7 Å². The maximum atomic E-state index is 12.8. The van der Waals surface area contributed by atoms with Gasteiger partial charge in [0, 0.05) is 19.2 Å². The number of hydrogen-bond acceptors (Lipinski definition) is 7. The van der Waals surface area contributed by atoms with Gasteiger partial charge in [0.05, 0.1) is 25.0 Å². The lowest BCUT2D eigenvalue weighted by atomic mass is 9.98. The Morgan fingerprint density at radius 1 is 1.24 bits per heavy atom. The van der Waals surface area contributed by atoms with E-state index < -0.39 is 16.0 Å². The Labute approximate surface area is 146 Å². The number of sulfonamides is 1. The molecule has 1 aromatic carbocycles. The summed E-state index contributed by atoms with van der Waals surface area (Å²) in [7, 11) is -0.781. The van der Waals surface area contributed by atoms with Gasteiger partial charge < -0.3 is 14.2 Å². The van der Waals surface area contributed by atoms with Crippen molar-refractivity contribution in [2.75, 3.05) is 33.9 Å². The monoisotopic (exact) mass is 368 g/mol. The quantitative estimate of drug-likeness (QED) is 0.694. The number of nitrogens with zero attached hydrogens (tertiary/aromatic N) is 2. The predicted molar refractivity (Wildman–Crippen MR) is 87.6 cm³/mol. The molecule has 1 aromatic rings. The molecule has 0 spiro atoms. The summed E-state index contributed by atoms with van der Waals surface area (Å²) >= 11 is 0. The highest BCUT2D eigenvalue weighted by Gasteiger charge is 2.33. The fourth-order valence-electron chi connectivity index (χ4n) is 2.68. The average Bonchev–Trinajstić information content (AvgIpc) is 2.65. The molecule has 0 atom stereocenters. The molecule has 0 bridgehead atoms. The van der Waals surface area contributed by atoms with Gasteiger partial charge in [-0.05, 0) is 25.0 Å². The Morgan fingerprint density at radius 2 is 1.88 bits per heavy atom. The van der Waals surface area contributed by atoms with Crippen LogP contribution < -0.4 is 9.47 Å². The predicted octanol–water partition coefficient (Wildman–Crippen LogP) is 1.17. The summed E-state index contributed by atoms with van der Waals surface area (Å²) in [5.74, 6) is -0.0612. The summed E-state index contributed by atoms with van der Waals surface area (Å²) in [5, 5.41) is 8.43. The van der Waals surface area contributed by atoms with Crippen molar-refractivity contribution in [3.8, 4) is 17.6 Å². The van der Waals surface area contributed by atoms with E-state index in [1.165, 1.54) is 36.7 Å². The van der Waals surface area contributed by atoms with Gasteiger partial charge in [-0.25, -0.2) is 8.42 Å². The van der Waals surface area contributed by atoms with E-state index in [0.717, 1.165) is 0 Å². The Kier molecular flexibility index (Phi) is 6.22. The lowest BCUT2D eigenvalue weighted by Gasteiger charge is -2.30. The standard InChI is InChI=1S/C16H20N2O6S/c1-22-14-4-3-13(11-15(14)23-2)25(20,21)18-8-5-12(6-9-18)16(19)24-10-7-17/h3-4,11-12H,5-6,8-10H2,1-2H3. The first-order valence-corrected chi connectivity index (χ1v) is 9.13. The van der Waals surface area contributed by atoms with Crippen LogP contribution in [0.25, 0.3) is 0 Å². The minimum absolute atomic E-state index is 0.107. The van der Waals surface area contributed by atoms with E-state index in [9.17, 15) is 13.2 Å². The lowest BCUT2D eigenvalue weighted by Crippen LogP contribution is -2.40. The van der Waals surface area contributed by atoms with Crippen LogP contribution in [0.1, 0.15) is 12.8 Å². The summed E-state index contributed by atoms with van der Waals surface area (Å²) in [5.41, 5.74) is 0. The van der Waals surface area contributed by atoms with Crippen LogP contribution >= 0.6 is 0 Å². The SMILES string of the molecule is COc1ccc(S(=O)(=O)N2CCC(C(=O)OCC#N)CC2)cc1OC. The normalized spacial score (nSPS) is 16.0. The molecule has 0 radical (unpaired) electrons. The summed E-state index contributed by atoms with van der Waals surface area (Å²) in [6.45, 7) is 0.134. The Morgan fingerprint density at radius 3 is 2.44 bits per heavy atom. The molecule has 1 heterocycles. The molecule has 0 aromatic heterocycles. The summed E-state index contributed by atoms with van der Waals surface area (Å²) in [6.07, 6.45) is 0.716. The number of esters is 1. The molecule has 8 nitrogen and oxygen atoms in total. The first-order chi connectivity index (χ1) is 11.9. The molecule has 0 amide bonds.